The average molecular weight is 512 g/mol. The number of ether oxygens (including phenoxy) is 2. The van der Waals surface area contributed by atoms with E-state index < -0.39 is 35.8 Å². The smallest absolute Gasteiger partial charge is 0.252 e. The van der Waals surface area contributed by atoms with Crippen molar-refractivity contribution in [1.82, 2.24) is 25.5 Å². The van der Waals surface area contributed by atoms with Gasteiger partial charge in [0.15, 0.2) is 11.6 Å². The monoisotopic (exact) mass is 512 g/mol. The van der Waals surface area contributed by atoms with Gasteiger partial charge < -0.3 is 20.1 Å². The Bertz CT molecular complexity index is 1420. The highest BCUT2D eigenvalue weighted by Crippen LogP contribution is 2.27. The zero-order valence-corrected chi connectivity index (χ0v) is 19.7. The second-order valence-corrected chi connectivity index (χ2v) is 8.55. The van der Waals surface area contributed by atoms with E-state index >= 15 is 0 Å². The Labute approximate surface area is 209 Å². The van der Waals surface area contributed by atoms with Crippen LogP contribution >= 0.6 is 0 Å². The highest BCUT2D eigenvalue weighted by atomic mass is 19.1. The Morgan fingerprint density at radius 1 is 1.19 bits per heavy atom. The van der Waals surface area contributed by atoms with Crippen molar-refractivity contribution in [2.75, 3.05) is 25.6 Å². The number of nitrogens with one attached hydrogen (secondary N) is 3. The number of amides is 1. The van der Waals surface area contributed by atoms with Gasteiger partial charge in [-0.25, -0.2) is 23.1 Å². The first-order valence-corrected chi connectivity index (χ1v) is 11.5. The largest absolute Gasteiger partial charge is 0.494 e. The normalized spacial score (nSPS) is 18.4. The predicted molar refractivity (Wildman–Crippen MR) is 128 cm³/mol. The lowest BCUT2D eigenvalue weighted by molar-refractivity contribution is 0.0284. The van der Waals surface area contributed by atoms with E-state index in [1.165, 1.54) is 37.7 Å². The Morgan fingerprint density at radius 2 is 2.05 bits per heavy atom. The standard InChI is InChI=1S/C25H23F3N6O3/c1-36-22-3-2-13(6-18(22)27)23(15-9-30-31-10-15)34-24(35)14-7-17(26)16-11-29-25(33-21(16)8-14)32-20-4-5-37-12-19(20)28/h2-3,6-11,19-20,23H,4-5,12H2,1H3,(H,30,31)(H,34,35)(H,29,32,33). The van der Waals surface area contributed by atoms with E-state index in [2.05, 4.69) is 30.8 Å². The van der Waals surface area contributed by atoms with Gasteiger partial charge in [-0.2, -0.15) is 5.10 Å². The summed E-state index contributed by atoms with van der Waals surface area (Å²) in [4.78, 5) is 21.6. The van der Waals surface area contributed by atoms with Crippen molar-refractivity contribution in [3.63, 3.8) is 0 Å². The van der Waals surface area contributed by atoms with Gasteiger partial charge in [-0.1, -0.05) is 6.07 Å². The predicted octanol–water partition coefficient (Wildman–Crippen LogP) is 3.70. The molecule has 0 aliphatic carbocycles. The fourth-order valence-electron chi connectivity index (χ4n) is 4.18. The summed E-state index contributed by atoms with van der Waals surface area (Å²) < 4.78 is 53.5. The van der Waals surface area contributed by atoms with Gasteiger partial charge in [0.1, 0.15) is 12.0 Å². The minimum absolute atomic E-state index is 0.00781. The van der Waals surface area contributed by atoms with Crippen molar-refractivity contribution in [2.24, 2.45) is 0 Å². The van der Waals surface area contributed by atoms with Crippen molar-refractivity contribution < 1.29 is 27.4 Å². The number of aromatic nitrogens is 4. The van der Waals surface area contributed by atoms with Crippen LogP contribution in [0.2, 0.25) is 0 Å². The summed E-state index contributed by atoms with van der Waals surface area (Å²) in [7, 11) is 1.35. The van der Waals surface area contributed by atoms with Crippen LogP contribution in [-0.2, 0) is 4.74 Å². The third-order valence-corrected chi connectivity index (χ3v) is 6.15. The van der Waals surface area contributed by atoms with E-state index in [1.54, 1.807) is 12.3 Å². The number of carbonyl (C=O) groups is 1. The molecule has 3 heterocycles. The lowest BCUT2D eigenvalue weighted by atomic mass is 10.0. The first kappa shape index (κ1) is 24.5. The molecule has 0 spiro atoms. The second-order valence-electron chi connectivity index (χ2n) is 8.55. The van der Waals surface area contributed by atoms with E-state index in [1.807, 2.05) is 0 Å². The van der Waals surface area contributed by atoms with Crippen LogP contribution in [0.3, 0.4) is 0 Å². The first-order chi connectivity index (χ1) is 17.9. The van der Waals surface area contributed by atoms with Crippen LogP contribution in [0.4, 0.5) is 19.1 Å². The van der Waals surface area contributed by atoms with Crippen LogP contribution in [0.1, 0.15) is 33.9 Å². The van der Waals surface area contributed by atoms with Crippen molar-refractivity contribution in [1.29, 1.82) is 0 Å². The third kappa shape index (κ3) is 5.19. The Balaban J connectivity index is 1.43. The number of halogens is 3. The third-order valence-electron chi connectivity index (χ3n) is 6.15. The van der Waals surface area contributed by atoms with Gasteiger partial charge in [0.2, 0.25) is 5.95 Å². The summed E-state index contributed by atoms with van der Waals surface area (Å²) in [5, 5.41) is 12.4. The number of H-pyrrole nitrogens is 1. The molecule has 2 aromatic heterocycles. The Kier molecular flexibility index (Phi) is 6.91. The van der Waals surface area contributed by atoms with Crippen LogP contribution in [0, 0.1) is 11.6 Å². The summed E-state index contributed by atoms with van der Waals surface area (Å²) in [5.41, 5.74) is 1.15. The van der Waals surface area contributed by atoms with Gasteiger partial charge in [-0.15, -0.1) is 0 Å². The summed E-state index contributed by atoms with van der Waals surface area (Å²) in [6.45, 7) is 0.376. The molecule has 2 aromatic carbocycles. The topological polar surface area (TPSA) is 114 Å². The minimum Gasteiger partial charge on any atom is -0.494 e. The zero-order valence-electron chi connectivity index (χ0n) is 19.7. The zero-order chi connectivity index (χ0) is 25.9. The highest BCUT2D eigenvalue weighted by molar-refractivity contribution is 5.98. The molecular formula is C25H23F3N6O3. The van der Waals surface area contributed by atoms with Crippen LogP contribution in [-0.4, -0.2) is 58.6 Å². The van der Waals surface area contributed by atoms with E-state index in [0.717, 1.165) is 6.07 Å². The molecule has 9 nitrogen and oxygen atoms in total. The number of rotatable bonds is 7. The molecule has 0 saturated carbocycles. The highest BCUT2D eigenvalue weighted by Gasteiger charge is 2.26. The Hall–Kier alpha value is -4.19. The Morgan fingerprint density at radius 3 is 2.78 bits per heavy atom. The van der Waals surface area contributed by atoms with Gasteiger partial charge in [0.25, 0.3) is 5.91 Å². The number of nitrogens with zero attached hydrogens (tertiary/aromatic N) is 3. The minimum atomic E-state index is -1.23. The summed E-state index contributed by atoms with van der Waals surface area (Å²) in [6, 6.07) is 5.47. The van der Waals surface area contributed by atoms with E-state index in [4.69, 9.17) is 9.47 Å². The van der Waals surface area contributed by atoms with Crippen LogP contribution in [0.5, 0.6) is 5.75 Å². The van der Waals surface area contributed by atoms with Crippen molar-refractivity contribution in [3.05, 3.63) is 77.2 Å². The van der Waals surface area contributed by atoms with Crippen molar-refractivity contribution in [2.45, 2.75) is 24.7 Å². The number of hydrogen-bond donors (Lipinski definition) is 3. The number of alkyl halides is 1. The number of anilines is 1. The fourth-order valence-corrected chi connectivity index (χ4v) is 4.18. The maximum Gasteiger partial charge on any atom is 0.252 e. The molecule has 12 heteroatoms. The number of fused-ring (bicyclic) bond motifs is 1. The molecule has 3 atom stereocenters. The van der Waals surface area contributed by atoms with Crippen molar-refractivity contribution in [3.8, 4) is 5.75 Å². The summed E-state index contributed by atoms with van der Waals surface area (Å²) in [5.74, 6) is -1.75. The molecule has 1 fully saturated rings. The lowest BCUT2D eigenvalue weighted by Crippen LogP contribution is -2.39. The molecule has 37 heavy (non-hydrogen) atoms. The van der Waals surface area contributed by atoms with Gasteiger partial charge in [-0.05, 0) is 36.2 Å². The second kappa shape index (κ2) is 10.4. The molecule has 1 amide bonds. The molecule has 1 aliphatic heterocycles. The summed E-state index contributed by atoms with van der Waals surface area (Å²) >= 11 is 0. The van der Waals surface area contributed by atoms with Crippen LogP contribution in [0.25, 0.3) is 10.9 Å². The molecule has 1 aliphatic rings. The first-order valence-electron chi connectivity index (χ1n) is 11.5. The molecule has 0 bridgehead atoms. The molecular weight excluding hydrogens is 489 g/mol. The SMILES string of the molecule is COc1ccc(C(NC(=O)c2cc(F)c3cnc(NC4CCOCC4F)nc3c2)c2cn[nH]c2)cc1F. The number of carbonyl (C=O) groups excluding carboxylic acids is 1. The van der Waals surface area contributed by atoms with Crippen molar-refractivity contribution >= 4 is 22.8 Å². The van der Waals surface area contributed by atoms with Crippen LogP contribution in [0.15, 0.2) is 48.9 Å². The number of benzene rings is 2. The molecule has 3 N–H and O–H groups in total. The van der Waals surface area contributed by atoms with E-state index in [9.17, 15) is 18.0 Å². The summed E-state index contributed by atoms with van der Waals surface area (Å²) in [6.07, 6.45) is 3.54. The van der Waals surface area contributed by atoms with Gasteiger partial charge in [0, 0.05) is 30.1 Å². The van der Waals surface area contributed by atoms with Gasteiger partial charge in [-0.3, -0.25) is 9.89 Å². The molecule has 192 valence electrons. The number of aromatic amines is 1. The fraction of sp³-hybridized carbons (Fsp3) is 0.280. The quantitative estimate of drug-likeness (QED) is 0.346. The number of methoxy groups -OCH3 is 1. The molecule has 4 aromatic rings. The molecule has 0 radical (unpaired) electrons. The van der Waals surface area contributed by atoms with E-state index in [0.29, 0.717) is 24.2 Å². The van der Waals surface area contributed by atoms with Crippen LogP contribution < -0.4 is 15.4 Å². The molecule has 1 saturated heterocycles. The number of hydrogen-bond acceptors (Lipinski definition) is 7. The van der Waals surface area contributed by atoms with Gasteiger partial charge >= 0.3 is 0 Å². The van der Waals surface area contributed by atoms with Gasteiger partial charge in [0.05, 0.1) is 42.9 Å². The van der Waals surface area contributed by atoms with E-state index in [-0.39, 0.29) is 34.8 Å². The molecule has 5 rings (SSSR count). The average Bonchev–Trinajstić information content (AvgIpc) is 3.43. The maximum atomic E-state index is 14.9. The lowest BCUT2D eigenvalue weighted by Gasteiger charge is -2.26. The maximum absolute atomic E-state index is 14.9. The molecule has 3 unspecified atom stereocenters.